The van der Waals surface area contributed by atoms with Gasteiger partial charge in [-0.2, -0.15) is 5.10 Å². The molecule has 2 heterocycles. The number of thioether (sulfide) groups is 1. The highest BCUT2D eigenvalue weighted by atomic mass is 32.2. The molecule has 0 saturated heterocycles. The zero-order valence-electron chi connectivity index (χ0n) is 23.6. The number of fused-ring (bicyclic) bond motifs is 1. The van der Waals surface area contributed by atoms with Gasteiger partial charge in [0.15, 0.2) is 11.5 Å². The van der Waals surface area contributed by atoms with Crippen molar-refractivity contribution in [2.75, 3.05) is 51.9 Å². The minimum Gasteiger partial charge on any atom is -0.493 e. The van der Waals surface area contributed by atoms with Crippen LogP contribution in [0.3, 0.4) is 0 Å². The van der Waals surface area contributed by atoms with Gasteiger partial charge >= 0.3 is 11.3 Å². The molecule has 2 aromatic carbocycles. The fourth-order valence-corrected chi connectivity index (χ4v) is 5.66. The van der Waals surface area contributed by atoms with Gasteiger partial charge in [0.1, 0.15) is 6.61 Å². The van der Waals surface area contributed by atoms with Crippen molar-refractivity contribution in [1.82, 2.24) is 9.91 Å². The number of amides is 3. The maximum atomic E-state index is 13.5. The number of nitrogens with zero attached hydrogens (tertiary/aromatic N) is 4. The first-order valence-electron chi connectivity index (χ1n) is 13.5. The minimum absolute atomic E-state index is 0.127. The lowest BCUT2D eigenvalue weighted by molar-refractivity contribution is 0.0983. The number of aryl methyl sites for hydroxylation is 1. The summed E-state index contributed by atoms with van der Waals surface area (Å²) in [5, 5.41) is 4.52. The molecule has 0 N–H and O–H groups in total. The number of ether oxygens (including phenoxy) is 3. The predicted octanol–water partition coefficient (Wildman–Crippen LogP) is 5.04. The number of rotatable bonds is 9. The van der Waals surface area contributed by atoms with Gasteiger partial charge < -0.3 is 24.0 Å². The highest BCUT2D eigenvalue weighted by molar-refractivity contribution is 8.14. The van der Waals surface area contributed by atoms with Crippen LogP contribution in [0.1, 0.15) is 48.7 Å². The van der Waals surface area contributed by atoms with Crippen molar-refractivity contribution in [3.63, 3.8) is 0 Å². The van der Waals surface area contributed by atoms with E-state index in [1.807, 2.05) is 39.0 Å². The number of hydrogen-bond acceptors (Lipinski definition) is 9. The van der Waals surface area contributed by atoms with E-state index in [2.05, 4.69) is 10.0 Å². The molecule has 0 bridgehead atoms. The first-order chi connectivity index (χ1) is 19.3. The molecule has 0 fully saturated rings. The molecule has 10 nitrogen and oxygen atoms in total. The molecule has 40 heavy (non-hydrogen) atoms. The van der Waals surface area contributed by atoms with Gasteiger partial charge in [0.05, 0.1) is 25.2 Å². The molecule has 0 radical (unpaired) electrons. The molecule has 1 unspecified atom stereocenters. The third-order valence-electron chi connectivity index (χ3n) is 7.11. The van der Waals surface area contributed by atoms with Gasteiger partial charge in [0, 0.05) is 24.3 Å². The Morgan fingerprint density at radius 1 is 1.07 bits per heavy atom. The lowest BCUT2D eigenvalue weighted by atomic mass is 9.96. The molecule has 1 atom stereocenters. The van der Waals surface area contributed by atoms with Crippen molar-refractivity contribution >= 4 is 40.4 Å². The van der Waals surface area contributed by atoms with Crippen LogP contribution in [0, 0.1) is 0 Å². The normalized spacial score (nSPS) is 16.9. The van der Waals surface area contributed by atoms with Crippen LogP contribution >= 0.6 is 11.8 Å². The number of likely N-dealkylation sites (N-methyl/N-ethyl adjacent to an activating group) is 1. The average Bonchev–Trinajstić information content (AvgIpc) is 2.97. The summed E-state index contributed by atoms with van der Waals surface area (Å²) in [4.78, 5) is 42.7. The maximum Gasteiger partial charge on any atom is 0.438 e. The van der Waals surface area contributed by atoms with Crippen LogP contribution in [0.25, 0.3) is 0 Å². The predicted molar refractivity (Wildman–Crippen MR) is 156 cm³/mol. The summed E-state index contributed by atoms with van der Waals surface area (Å²) in [6, 6.07) is 10.9. The van der Waals surface area contributed by atoms with E-state index in [4.69, 9.17) is 14.2 Å². The van der Waals surface area contributed by atoms with Gasteiger partial charge in [-0.3, -0.25) is 9.59 Å². The topological polar surface area (TPSA) is 101 Å². The summed E-state index contributed by atoms with van der Waals surface area (Å²) in [5.74, 6) is 0.925. The summed E-state index contributed by atoms with van der Waals surface area (Å²) in [6.45, 7) is 9.02. The fourth-order valence-electron chi connectivity index (χ4n) is 4.85. The second-order valence-corrected chi connectivity index (χ2v) is 10.7. The smallest absolute Gasteiger partial charge is 0.438 e. The standard InChI is InChI=1S/C29H36N4O6S/c1-6-31(7-2)15-16-39-28(35)33-29(36)40-19(3)26(30-33)21-10-12-23-20(17-21)9-8-14-32(23)27(34)22-11-13-24(37-4)25(18-22)38-5/h10-13,17-19H,6-9,14-16H2,1-5H3. The highest BCUT2D eigenvalue weighted by Crippen LogP contribution is 2.34. The molecule has 214 valence electrons. The largest absolute Gasteiger partial charge is 0.493 e. The number of anilines is 1. The zero-order chi connectivity index (χ0) is 28.8. The number of methoxy groups -OCH3 is 2. The Bertz CT molecular complexity index is 1300. The van der Waals surface area contributed by atoms with Gasteiger partial charge in [-0.1, -0.05) is 31.7 Å². The monoisotopic (exact) mass is 568 g/mol. The Labute approximate surface area is 239 Å². The number of carbonyl (C=O) groups excluding carboxylic acids is 3. The SMILES string of the molecule is CCN(CC)CCOC(=O)N1N=C(c2ccc3c(c2)CCCN3C(=O)c2ccc(OC)c(OC)c2)C(C)SC1=O. The first kappa shape index (κ1) is 29.4. The summed E-state index contributed by atoms with van der Waals surface area (Å²) < 4.78 is 16.0. The second-order valence-electron chi connectivity index (χ2n) is 9.44. The highest BCUT2D eigenvalue weighted by Gasteiger charge is 2.34. The van der Waals surface area contributed by atoms with E-state index in [1.54, 1.807) is 30.2 Å². The number of hydrazone groups is 1. The average molecular weight is 569 g/mol. The number of imide groups is 1. The van der Waals surface area contributed by atoms with E-state index in [-0.39, 0.29) is 17.8 Å². The van der Waals surface area contributed by atoms with E-state index >= 15 is 0 Å². The Morgan fingerprint density at radius 3 is 2.52 bits per heavy atom. The molecule has 4 rings (SSSR count). The van der Waals surface area contributed by atoms with Crippen molar-refractivity contribution in [3.8, 4) is 11.5 Å². The van der Waals surface area contributed by atoms with Gasteiger partial charge in [-0.05, 0) is 74.3 Å². The minimum atomic E-state index is -0.779. The third kappa shape index (κ3) is 6.26. The van der Waals surface area contributed by atoms with Crippen LogP contribution in [-0.4, -0.2) is 85.1 Å². The van der Waals surface area contributed by atoms with Crippen molar-refractivity contribution in [2.45, 2.75) is 38.9 Å². The van der Waals surface area contributed by atoms with E-state index in [1.165, 1.54) is 7.11 Å². The summed E-state index contributed by atoms with van der Waals surface area (Å²) in [6.07, 6.45) is 0.818. The molecular formula is C29H36N4O6S. The molecule has 3 amide bonds. The zero-order valence-corrected chi connectivity index (χ0v) is 24.5. The molecular weight excluding hydrogens is 532 g/mol. The van der Waals surface area contributed by atoms with E-state index in [9.17, 15) is 14.4 Å². The molecule has 11 heteroatoms. The molecule has 2 aliphatic rings. The third-order valence-corrected chi connectivity index (χ3v) is 8.06. The van der Waals surface area contributed by atoms with Crippen LogP contribution in [0.4, 0.5) is 15.3 Å². The molecule has 0 saturated carbocycles. The lowest BCUT2D eigenvalue weighted by Crippen LogP contribution is -2.39. The summed E-state index contributed by atoms with van der Waals surface area (Å²) in [5.41, 5.74) is 3.74. The molecule has 0 aliphatic carbocycles. The number of benzene rings is 2. The quantitative estimate of drug-likeness (QED) is 0.415. The van der Waals surface area contributed by atoms with Crippen LogP contribution in [0.15, 0.2) is 41.5 Å². The van der Waals surface area contributed by atoms with Gasteiger partial charge in [-0.15, -0.1) is 5.01 Å². The maximum absolute atomic E-state index is 13.5. The second kappa shape index (κ2) is 13.2. The Kier molecular flexibility index (Phi) is 9.70. The fraction of sp³-hybridized carbons (Fsp3) is 0.448. The number of carbonyl (C=O) groups is 3. The van der Waals surface area contributed by atoms with Crippen molar-refractivity contribution in [2.24, 2.45) is 5.10 Å². The molecule has 0 aromatic heterocycles. The van der Waals surface area contributed by atoms with Crippen LogP contribution in [-0.2, 0) is 11.2 Å². The van der Waals surface area contributed by atoms with Crippen molar-refractivity contribution in [1.29, 1.82) is 0 Å². The van der Waals surface area contributed by atoms with Gasteiger partial charge in [0.2, 0.25) is 0 Å². The first-order valence-corrected chi connectivity index (χ1v) is 14.3. The van der Waals surface area contributed by atoms with E-state index in [0.717, 1.165) is 59.5 Å². The Morgan fingerprint density at radius 2 is 1.82 bits per heavy atom. The molecule has 2 aromatic rings. The summed E-state index contributed by atoms with van der Waals surface area (Å²) in [7, 11) is 3.09. The van der Waals surface area contributed by atoms with E-state index < -0.39 is 11.3 Å². The van der Waals surface area contributed by atoms with Crippen LogP contribution in [0.2, 0.25) is 0 Å². The van der Waals surface area contributed by atoms with Crippen LogP contribution in [0.5, 0.6) is 11.5 Å². The van der Waals surface area contributed by atoms with E-state index in [0.29, 0.717) is 35.9 Å². The lowest BCUT2D eigenvalue weighted by Gasteiger charge is -2.31. The molecule has 0 spiro atoms. The van der Waals surface area contributed by atoms with Crippen molar-refractivity contribution in [3.05, 3.63) is 53.1 Å². The Balaban J connectivity index is 1.55. The van der Waals surface area contributed by atoms with Gasteiger partial charge in [-0.25, -0.2) is 4.79 Å². The molecule has 2 aliphatic heterocycles. The Hall–Kier alpha value is -3.57. The van der Waals surface area contributed by atoms with Crippen LogP contribution < -0.4 is 14.4 Å². The van der Waals surface area contributed by atoms with Crippen molar-refractivity contribution < 1.29 is 28.6 Å². The number of hydrogen-bond donors (Lipinski definition) is 0. The summed E-state index contributed by atoms with van der Waals surface area (Å²) >= 11 is 1.03. The van der Waals surface area contributed by atoms with Gasteiger partial charge in [0.25, 0.3) is 5.91 Å².